The van der Waals surface area contributed by atoms with Crippen LogP contribution in [0.3, 0.4) is 0 Å². The molecule has 2 aromatic rings. The first-order chi connectivity index (χ1) is 11.5. The van der Waals surface area contributed by atoms with Crippen molar-refractivity contribution in [3.8, 4) is 6.07 Å². The molecular formula is C19H22N4O. The number of anilines is 1. The van der Waals surface area contributed by atoms with Crippen LogP contribution in [-0.4, -0.2) is 21.4 Å². The van der Waals surface area contributed by atoms with Crippen LogP contribution >= 0.6 is 0 Å². The molecule has 0 bridgehead atoms. The molecule has 0 radical (unpaired) electrons. The van der Waals surface area contributed by atoms with Gasteiger partial charge in [0.1, 0.15) is 17.9 Å². The van der Waals surface area contributed by atoms with E-state index in [0.29, 0.717) is 11.3 Å². The summed E-state index contributed by atoms with van der Waals surface area (Å²) in [6, 6.07) is 11.8. The second kappa shape index (κ2) is 6.04. The van der Waals surface area contributed by atoms with Crippen LogP contribution < -0.4 is 5.32 Å². The van der Waals surface area contributed by atoms with E-state index in [0.717, 1.165) is 23.4 Å². The number of hydrogen-bond acceptors (Lipinski definition) is 3. The van der Waals surface area contributed by atoms with Crippen LogP contribution in [-0.2, 0) is 7.05 Å². The number of carbonyl (C=O) groups excluding carboxylic acids is 1. The Morgan fingerprint density at radius 1 is 1.38 bits per heavy atom. The molecule has 0 fully saturated rings. The molecule has 2 heterocycles. The van der Waals surface area contributed by atoms with E-state index in [-0.39, 0.29) is 18.1 Å². The van der Waals surface area contributed by atoms with Crippen LogP contribution in [0, 0.1) is 18.3 Å². The molecular weight excluding hydrogens is 300 g/mol. The smallest absolute Gasteiger partial charge is 0.258 e. The van der Waals surface area contributed by atoms with E-state index in [1.807, 2.05) is 53.8 Å². The standard InChI is InChI=1S/C19H22N4O/c1-5-12(2)23-18(16-10-14(11-20)22(4)13(16)3)21-17-9-7-6-8-15(17)19(23)24/h6-10,12,18,21H,5H2,1-4H3/t12-,18-/m0/s1. The molecule has 1 N–H and O–H groups in total. The molecule has 0 saturated carbocycles. The summed E-state index contributed by atoms with van der Waals surface area (Å²) in [5.41, 5.74) is 4.10. The molecule has 0 unspecified atom stereocenters. The van der Waals surface area contributed by atoms with Crippen molar-refractivity contribution in [3.63, 3.8) is 0 Å². The molecule has 3 rings (SSSR count). The van der Waals surface area contributed by atoms with Gasteiger partial charge in [0.05, 0.1) is 5.56 Å². The molecule has 5 nitrogen and oxygen atoms in total. The van der Waals surface area contributed by atoms with Gasteiger partial charge in [-0.2, -0.15) is 5.26 Å². The first-order valence-electron chi connectivity index (χ1n) is 8.24. The lowest BCUT2D eigenvalue weighted by atomic mass is 10.0. The number of nitrogens with zero attached hydrogens (tertiary/aromatic N) is 3. The number of para-hydroxylation sites is 1. The average Bonchev–Trinajstić information content (AvgIpc) is 2.89. The fourth-order valence-electron chi connectivity index (χ4n) is 3.25. The summed E-state index contributed by atoms with van der Waals surface area (Å²) >= 11 is 0. The molecule has 0 spiro atoms. The van der Waals surface area contributed by atoms with Crippen molar-refractivity contribution in [1.29, 1.82) is 5.26 Å². The molecule has 24 heavy (non-hydrogen) atoms. The summed E-state index contributed by atoms with van der Waals surface area (Å²) < 4.78 is 1.87. The fourth-order valence-corrected chi connectivity index (χ4v) is 3.25. The third-order valence-electron chi connectivity index (χ3n) is 5.01. The van der Waals surface area contributed by atoms with Gasteiger partial charge in [0.15, 0.2) is 0 Å². The van der Waals surface area contributed by atoms with E-state index in [9.17, 15) is 10.1 Å². The zero-order chi connectivity index (χ0) is 17.4. The molecule has 1 aromatic heterocycles. The van der Waals surface area contributed by atoms with Crippen LogP contribution in [0.5, 0.6) is 0 Å². The van der Waals surface area contributed by atoms with Gasteiger partial charge in [0.25, 0.3) is 5.91 Å². The number of aromatic nitrogens is 1. The monoisotopic (exact) mass is 322 g/mol. The van der Waals surface area contributed by atoms with Gasteiger partial charge in [-0.15, -0.1) is 0 Å². The first kappa shape index (κ1) is 16.1. The largest absolute Gasteiger partial charge is 0.361 e. The van der Waals surface area contributed by atoms with Gasteiger partial charge >= 0.3 is 0 Å². The lowest BCUT2D eigenvalue weighted by Gasteiger charge is -2.41. The van der Waals surface area contributed by atoms with E-state index in [1.165, 1.54) is 0 Å². The molecule has 5 heteroatoms. The summed E-state index contributed by atoms with van der Waals surface area (Å²) in [6.07, 6.45) is 0.596. The van der Waals surface area contributed by atoms with E-state index in [1.54, 1.807) is 0 Å². The number of nitriles is 1. The van der Waals surface area contributed by atoms with Gasteiger partial charge in [0.2, 0.25) is 0 Å². The summed E-state index contributed by atoms with van der Waals surface area (Å²) in [4.78, 5) is 15.0. The van der Waals surface area contributed by atoms with E-state index in [4.69, 9.17) is 0 Å². The van der Waals surface area contributed by atoms with E-state index >= 15 is 0 Å². The topological polar surface area (TPSA) is 61.1 Å². The molecule has 1 amide bonds. The van der Waals surface area contributed by atoms with Gasteiger partial charge in [-0.1, -0.05) is 19.1 Å². The number of benzene rings is 1. The molecule has 124 valence electrons. The highest BCUT2D eigenvalue weighted by Gasteiger charge is 2.36. The highest BCUT2D eigenvalue weighted by Crippen LogP contribution is 2.36. The van der Waals surface area contributed by atoms with Crippen LogP contribution in [0.25, 0.3) is 0 Å². The summed E-state index contributed by atoms with van der Waals surface area (Å²) in [5, 5.41) is 12.8. The first-order valence-corrected chi connectivity index (χ1v) is 8.24. The minimum absolute atomic E-state index is 0.0328. The maximum Gasteiger partial charge on any atom is 0.258 e. The maximum absolute atomic E-state index is 13.1. The molecule has 1 aliphatic heterocycles. The Bertz CT molecular complexity index is 830. The molecule has 0 saturated heterocycles. The van der Waals surface area contributed by atoms with Crippen molar-refractivity contribution in [1.82, 2.24) is 9.47 Å². The summed E-state index contributed by atoms with van der Waals surface area (Å²) in [5.74, 6) is 0.0328. The number of nitrogens with one attached hydrogen (secondary N) is 1. The van der Waals surface area contributed by atoms with E-state index < -0.39 is 0 Å². The lowest BCUT2D eigenvalue weighted by molar-refractivity contribution is 0.0593. The van der Waals surface area contributed by atoms with Gasteiger partial charge < -0.3 is 14.8 Å². The van der Waals surface area contributed by atoms with Crippen molar-refractivity contribution < 1.29 is 4.79 Å². The molecule has 1 aliphatic rings. The predicted molar refractivity (Wildman–Crippen MR) is 93.6 cm³/mol. The lowest BCUT2D eigenvalue weighted by Crippen LogP contribution is -2.47. The number of hydrogen-bond donors (Lipinski definition) is 1. The Morgan fingerprint density at radius 2 is 2.08 bits per heavy atom. The number of fused-ring (bicyclic) bond motifs is 1. The van der Waals surface area contributed by atoms with Crippen molar-refractivity contribution in [2.24, 2.45) is 7.05 Å². The number of carbonyl (C=O) groups is 1. The quantitative estimate of drug-likeness (QED) is 0.939. The van der Waals surface area contributed by atoms with Gasteiger partial charge in [-0.3, -0.25) is 4.79 Å². The molecule has 2 atom stereocenters. The maximum atomic E-state index is 13.1. The molecule has 1 aromatic carbocycles. The fraction of sp³-hybridized carbons (Fsp3) is 0.368. The predicted octanol–water partition coefficient (Wildman–Crippen LogP) is 3.57. The Balaban J connectivity index is 2.15. The zero-order valence-electron chi connectivity index (χ0n) is 14.5. The van der Waals surface area contributed by atoms with Crippen LogP contribution in [0.1, 0.15) is 53.7 Å². The van der Waals surface area contributed by atoms with Crippen molar-refractivity contribution in [2.45, 2.75) is 39.4 Å². The van der Waals surface area contributed by atoms with Crippen molar-refractivity contribution in [2.75, 3.05) is 5.32 Å². The van der Waals surface area contributed by atoms with Gasteiger partial charge in [-0.25, -0.2) is 0 Å². The Morgan fingerprint density at radius 3 is 2.71 bits per heavy atom. The van der Waals surface area contributed by atoms with Crippen molar-refractivity contribution >= 4 is 11.6 Å². The average molecular weight is 322 g/mol. The van der Waals surface area contributed by atoms with Crippen molar-refractivity contribution in [3.05, 3.63) is 52.8 Å². The Kier molecular flexibility index (Phi) is 4.06. The zero-order valence-corrected chi connectivity index (χ0v) is 14.5. The Labute approximate surface area is 142 Å². The minimum atomic E-state index is -0.268. The number of rotatable bonds is 3. The molecule has 0 aliphatic carbocycles. The van der Waals surface area contributed by atoms with Crippen LogP contribution in [0.2, 0.25) is 0 Å². The SMILES string of the molecule is CC[C@H](C)N1C(=O)c2ccccc2N[C@@H]1c1cc(C#N)n(C)c1C. The second-order valence-corrected chi connectivity index (χ2v) is 6.30. The third kappa shape index (κ3) is 2.35. The van der Waals surface area contributed by atoms with Gasteiger partial charge in [0, 0.05) is 30.0 Å². The Hall–Kier alpha value is -2.74. The van der Waals surface area contributed by atoms with E-state index in [2.05, 4.69) is 25.2 Å². The van der Waals surface area contributed by atoms with Crippen LogP contribution in [0.4, 0.5) is 5.69 Å². The second-order valence-electron chi connectivity index (χ2n) is 6.30. The highest BCUT2D eigenvalue weighted by molar-refractivity contribution is 6.01. The summed E-state index contributed by atoms with van der Waals surface area (Å²) in [6.45, 7) is 6.12. The van der Waals surface area contributed by atoms with Crippen LogP contribution in [0.15, 0.2) is 30.3 Å². The van der Waals surface area contributed by atoms with Gasteiger partial charge in [-0.05, 0) is 38.5 Å². The summed E-state index contributed by atoms with van der Waals surface area (Å²) in [7, 11) is 1.88. The normalized spacial score (nSPS) is 17.9. The third-order valence-corrected chi connectivity index (χ3v) is 5.01. The highest BCUT2D eigenvalue weighted by atomic mass is 16.2. The number of amides is 1. The minimum Gasteiger partial charge on any atom is -0.361 e.